The van der Waals surface area contributed by atoms with Crippen LogP contribution in [0.25, 0.3) is 0 Å². The molecule has 0 unspecified atom stereocenters. The van der Waals surface area contributed by atoms with Gasteiger partial charge < -0.3 is 11.1 Å². The summed E-state index contributed by atoms with van der Waals surface area (Å²) in [5.41, 5.74) is 7.42. The molecule has 0 bridgehead atoms. The van der Waals surface area contributed by atoms with Crippen molar-refractivity contribution in [3.05, 3.63) is 40.9 Å². The van der Waals surface area contributed by atoms with Crippen LogP contribution in [-0.2, 0) is 11.2 Å². The molecule has 0 aliphatic heterocycles. The molecular weight excluding hydrogens is 268 g/mol. The fraction of sp³-hybridized carbons (Fsp3) is 0.250. The standard InChI is InChI=1S/C12H15BrN2O/c1-9(13)8-15-12(16)7-4-10-2-5-11(14)6-3-10/h2-3,5-6H,1,4,7-8,14H2,(H,15,16). The minimum absolute atomic E-state index is 0.0254. The number of nitrogens with one attached hydrogen (secondary N) is 1. The van der Waals surface area contributed by atoms with E-state index in [1.165, 1.54) is 0 Å². The molecule has 0 aliphatic carbocycles. The van der Waals surface area contributed by atoms with Crippen LogP contribution in [0.2, 0.25) is 0 Å². The fourth-order valence-electron chi connectivity index (χ4n) is 1.23. The molecule has 0 saturated carbocycles. The van der Waals surface area contributed by atoms with Gasteiger partial charge in [-0.1, -0.05) is 34.6 Å². The molecule has 3 N–H and O–H groups in total. The SMILES string of the molecule is C=C(Br)CNC(=O)CCc1ccc(N)cc1. The molecule has 0 saturated heterocycles. The van der Waals surface area contributed by atoms with Crippen molar-refractivity contribution in [1.29, 1.82) is 0 Å². The Kier molecular flexibility index (Phi) is 5.05. The summed E-state index contributed by atoms with van der Waals surface area (Å²) in [5, 5.41) is 2.75. The average Bonchev–Trinajstić information content (AvgIpc) is 2.25. The molecule has 0 spiro atoms. The average molecular weight is 283 g/mol. The van der Waals surface area contributed by atoms with E-state index in [4.69, 9.17) is 5.73 Å². The number of aryl methyl sites for hydroxylation is 1. The van der Waals surface area contributed by atoms with Crippen LogP contribution in [0.15, 0.2) is 35.3 Å². The van der Waals surface area contributed by atoms with Crippen molar-refractivity contribution in [2.24, 2.45) is 0 Å². The minimum Gasteiger partial charge on any atom is -0.399 e. The highest BCUT2D eigenvalue weighted by atomic mass is 79.9. The number of carbonyl (C=O) groups is 1. The number of nitrogens with two attached hydrogens (primary N) is 1. The van der Waals surface area contributed by atoms with Crippen LogP contribution in [0.1, 0.15) is 12.0 Å². The van der Waals surface area contributed by atoms with Crippen molar-refractivity contribution in [1.82, 2.24) is 5.32 Å². The van der Waals surface area contributed by atoms with Crippen LogP contribution in [0.4, 0.5) is 5.69 Å². The Balaban J connectivity index is 2.31. The summed E-state index contributed by atoms with van der Waals surface area (Å²) >= 11 is 3.18. The maximum absolute atomic E-state index is 11.4. The third-order valence-corrected chi connectivity index (χ3v) is 2.38. The van der Waals surface area contributed by atoms with E-state index in [1.54, 1.807) is 0 Å². The number of halogens is 1. The molecule has 1 amide bonds. The number of benzene rings is 1. The van der Waals surface area contributed by atoms with Crippen LogP contribution >= 0.6 is 15.9 Å². The summed E-state index contributed by atoms with van der Waals surface area (Å²) in [5.74, 6) is 0.0254. The lowest BCUT2D eigenvalue weighted by Crippen LogP contribution is -2.24. The third-order valence-electron chi connectivity index (χ3n) is 2.10. The quantitative estimate of drug-likeness (QED) is 0.814. The van der Waals surface area contributed by atoms with E-state index in [0.29, 0.717) is 13.0 Å². The molecule has 0 heterocycles. The number of carbonyl (C=O) groups excluding carboxylic acids is 1. The van der Waals surface area contributed by atoms with Gasteiger partial charge in [0.1, 0.15) is 0 Å². The largest absolute Gasteiger partial charge is 0.399 e. The predicted octanol–water partition coefficient (Wildman–Crippen LogP) is 2.23. The molecule has 1 aromatic rings. The second-order valence-electron chi connectivity index (χ2n) is 3.54. The molecule has 0 radical (unpaired) electrons. The van der Waals surface area contributed by atoms with Crippen LogP contribution in [0.5, 0.6) is 0 Å². The Labute approximate surface area is 104 Å². The summed E-state index contributed by atoms with van der Waals surface area (Å²) in [4.78, 5) is 11.4. The van der Waals surface area contributed by atoms with E-state index in [1.807, 2.05) is 24.3 Å². The van der Waals surface area contributed by atoms with Crippen LogP contribution < -0.4 is 11.1 Å². The zero-order valence-corrected chi connectivity index (χ0v) is 10.6. The third kappa shape index (κ3) is 4.98. The first-order valence-electron chi connectivity index (χ1n) is 5.02. The van der Waals surface area contributed by atoms with Gasteiger partial charge in [-0.3, -0.25) is 4.79 Å². The second kappa shape index (κ2) is 6.33. The highest BCUT2D eigenvalue weighted by Gasteiger charge is 2.01. The molecular formula is C12H15BrN2O. The molecule has 3 nitrogen and oxygen atoms in total. The number of anilines is 1. The maximum atomic E-state index is 11.4. The van der Waals surface area contributed by atoms with Crippen LogP contribution in [0, 0.1) is 0 Å². The molecule has 0 atom stereocenters. The molecule has 0 aromatic heterocycles. The van der Waals surface area contributed by atoms with E-state index in [-0.39, 0.29) is 5.91 Å². The van der Waals surface area contributed by atoms with Crippen molar-refractivity contribution in [3.63, 3.8) is 0 Å². The monoisotopic (exact) mass is 282 g/mol. The Morgan fingerprint density at radius 3 is 2.56 bits per heavy atom. The van der Waals surface area contributed by atoms with E-state index < -0.39 is 0 Å². The van der Waals surface area contributed by atoms with Gasteiger partial charge in [-0.15, -0.1) is 0 Å². The number of amides is 1. The van der Waals surface area contributed by atoms with Gasteiger partial charge in [0, 0.05) is 23.1 Å². The van der Waals surface area contributed by atoms with Crippen LogP contribution in [0.3, 0.4) is 0 Å². The van der Waals surface area contributed by atoms with Crippen LogP contribution in [-0.4, -0.2) is 12.5 Å². The Morgan fingerprint density at radius 1 is 1.38 bits per heavy atom. The number of rotatable bonds is 5. The minimum atomic E-state index is 0.0254. The van der Waals surface area contributed by atoms with Crippen molar-refractivity contribution in [2.45, 2.75) is 12.8 Å². The normalized spacial score (nSPS) is 9.81. The number of nitrogen functional groups attached to an aromatic ring is 1. The summed E-state index contributed by atoms with van der Waals surface area (Å²) in [6.07, 6.45) is 1.20. The molecule has 0 fully saturated rings. The molecule has 86 valence electrons. The topological polar surface area (TPSA) is 55.1 Å². The van der Waals surface area contributed by atoms with Crippen molar-refractivity contribution >= 4 is 27.5 Å². The first-order chi connectivity index (χ1) is 7.58. The van der Waals surface area contributed by atoms with E-state index in [0.717, 1.165) is 22.2 Å². The van der Waals surface area contributed by atoms with Gasteiger partial charge in [0.15, 0.2) is 0 Å². The van der Waals surface area contributed by atoms with E-state index >= 15 is 0 Å². The summed E-state index contributed by atoms with van der Waals surface area (Å²) in [6, 6.07) is 7.55. The molecule has 1 rings (SSSR count). The van der Waals surface area contributed by atoms with E-state index in [9.17, 15) is 4.79 Å². The molecule has 0 aliphatic rings. The van der Waals surface area contributed by atoms with Gasteiger partial charge in [0.05, 0.1) is 0 Å². The first-order valence-corrected chi connectivity index (χ1v) is 5.81. The van der Waals surface area contributed by atoms with Gasteiger partial charge in [0.25, 0.3) is 0 Å². The van der Waals surface area contributed by atoms with Gasteiger partial charge in [0.2, 0.25) is 5.91 Å². The zero-order chi connectivity index (χ0) is 12.0. The lowest BCUT2D eigenvalue weighted by Gasteiger charge is -2.04. The Bertz CT molecular complexity index is 373. The highest BCUT2D eigenvalue weighted by molar-refractivity contribution is 9.11. The second-order valence-corrected chi connectivity index (χ2v) is 4.66. The van der Waals surface area contributed by atoms with Crippen molar-refractivity contribution in [3.8, 4) is 0 Å². The first kappa shape index (κ1) is 12.8. The van der Waals surface area contributed by atoms with Crippen molar-refractivity contribution in [2.75, 3.05) is 12.3 Å². The Hall–Kier alpha value is -1.29. The lowest BCUT2D eigenvalue weighted by atomic mass is 10.1. The summed E-state index contributed by atoms with van der Waals surface area (Å²) < 4.78 is 0.772. The smallest absolute Gasteiger partial charge is 0.220 e. The fourth-order valence-corrected chi connectivity index (χ4v) is 1.37. The number of hydrogen-bond donors (Lipinski definition) is 2. The van der Waals surface area contributed by atoms with Gasteiger partial charge in [-0.05, 0) is 24.1 Å². The highest BCUT2D eigenvalue weighted by Crippen LogP contribution is 2.07. The molecule has 4 heteroatoms. The lowest BCUT2D eigenvalue weighted by molar-refractivity contribution is -0.120. The molecule has 16 heavy (non-hydrogen) atoms. The summed E-state index contributed by atoms with van der Waals surface area (Å²) in [6.45, 7) is 4.12. The zero-order valence-electron chi connectivity index (χ0n) is 9.00. The van der Waals surface area contributed by atoms with E-state index in [2.05, 4.69) is 27.8 Å². The summed E-state index contributed by atoms with van der Waals surface area (Å²) in [7, 11) is 0. The van der Waals surface area contributed by atoms with Gasteiger partial charge >= 0.3 is 0 Å². The van der Waals surface area contributed by atoms with Gasteiger partial charge in [-0.2, -0.15) is 0 Å². The number of hydrogen-bond acceptors (Lipinski definition) is 2. The molecule has 1 aromatic carbocycles. The van der Waals surface area contributed by atoms with Gasteiger partial charge in [-0.25, -0.2) is 0 Å². The predicted molar refractivity (Wildman–Crippen MR) is 70.3 cm³/mol. The van der Waals surface area contributed by atoms with Crippen molar-refractivity contribution < 1.29 is 4.79 Å². The Morgan fingerprint density at radius 2 is 2.00 bits per heavy atom. The maximum Gasteiger partial charge on any atom is 0.220 e.